The SMILES string of the molecule is COc1c(NC(=O)Nc2ccc(Oc3ccnc(Nc4ccc(C(=O)NC5CCN(C)C(OC)C5)cc4)c3)c3ccccc23)cc(C(C)(C)C)cc1P(C)(C)=O. The second kappa shape index (κ2) is 16.8. The van der Waals surface area contributed by atoms with Gasteiger partial charge in [0.2, 0.25) is 0 Å². The van der Waals surface area contributed by atoms with E-state index in [1.54, 1.807) is 63.0 Å². The van der Waals surface area contributed by atoms with Crippen LogP contribution in [0.25, 0.3) is 10.8 Å². The Morgan fingerprint density at radius 1 is 0.893 bits per heavy atom. The Bertz CT molecular complexity index is 2270. The first kappa shape index (κ1) is 40.2. The number of nitrogens with one attached hydrogen (secondary N) is 4. The summed E-state index contributed by atoms with van der Waals surface area (Å²) in [5.74, 6) is 1.97. The van der Waals surface area contributed by atoms with E-state index in [0.717, 1.165) is 41.4 Å². The molecule has 56 heavy (non-hydrogen) atoms. The molecular formula is C43H51N6O6P. The number of ether oxygens (including phenoxy) is 3. The molecule has 0 bridgehead atoms. The summed E-state index contributed by atoms with van der Waals surface area (Å²) in [6, 6.07) is 25.4. The van der Waals surface area contributed by atoms with Crippen LogP contribution >= 0.6 is 7.14 Å². The van der Waals surface area contributed by atoms with E-state index >= 15 is 0 Å². The number of amides is 3. The molecule has 2 unspecified atom stereocenters. The molecule has 1 aliphatic rings. The van der Waals surface area contributed by atoms with Crippen molar-refractivity contribution >= 4 is 58.0 Å². The minimum atomic E-state index is -2.74. The van der Waals surface area contributed by atoms with E-state index in [1.807, 2.05) is 55.6 Å². The summed E-state index contributed by atoms with van der Waals surface area (Å²) in [5, 5.41) is 14.5. The number of hydrogen-bond donors (Lipinski definition) is 4. The molecular weight excluding hydrogens is 727 g/mol. The number of aromatic nitrogens is 1. The molecule has 0 spiro atoms. The zero-order valence-electron chi connectivity index (χ0n) is 33.2. The van der Waals surface area contributed by atoms with Gasteiger partial charge in [-0.3, -0.25) is 9.69 Å². The number of piperidine rings is 1. The summed E-state index contributed by atoms with van der Waals surface area (Å²) in [7, 11) is 2.48. The molecule has 0 saturated carbocycles. The summed E-state index contributed by atoms with van der Waals surface area (Å²) < 4.78 is 30.9. The molecule has 6 rings (SSSR count). The molecule has 294 valence electrons. The molecule has 2 heterocycles. The Labute approximate surface area is 328 Å². The highest BCUT2D eigenvalue weighted by molar-refractivity contribution is 7.70. The van der Waals surface area contributed by atoms with E-state index < -0.39 is 13.2 Å². The first-order valence-electron chi connectivity index (χ1n) is 18.6. The lowest BCUT2D eigenvalue weighted by Crippen LogP contribution is -2.49. The van der Waals surface area contributed by atoms with Crippen LogP contribution in [-0.4, -0.2) is 75.2 Å². The number of hydrogen-bond acceptors (Lipinski definition) is 9. The second-order valence-corrected chi connectivity index (χ2v) is 18.6. The van der Waals surface area contributed by atoms with Crippen molar-refractivity contribution in [2.24, 2.45) is 0 Å². The Morgan fingerprint density at radius 3 is 2.29 bits per heavy atom. The number of rotatable bonds is 11. The molecule has 13 heteroatoms. The zero-order chi connectivity index (χ0) is 40.2. The fourth-order valence-corrected chi connectivity index (χ4v) is 7.89. The van der Waals surface area contributed by atoms with Gasteiger partial charge in [-0.2, -0.15) is 0 Å². The van der Waals surface area contributed by atoms with Crippen molar-refractivity contribution in [3.05, 3.63) is 102 Å². The van der Waals surface area contributed by atoms with E-state index in [4.69, 9.17) is 14.2 Å². The minimum absolute atomic E-state index is 0.00950. The highest BCUT2D eigenvalue weighted by Crippen LogP contribution is 2.43. The maximum atomic E-state index is 13.5. The Morgan fingerprint density at radius 2 is 1.61 bits per heavy atom. The van der Waals surface area contributed by atoms with Crippen LogP contribution in [0.15, 0.2) is 91.1 Å². The van der Waals surface area contributed by atoms with Gasteiger partial charge >= 0.3 is 6.03 Å². The number of methoxy groups -OCH3 is 2. The molecule has 1 fully saturated rings. The number of pyridine rings is 1. The summed E-state index contributed by atoms with van der Waals surface area (Å²) in [6.07, 6.45) is 3.26. The van der Waals surface area contributed by atoms with Gasteiger partial charge in [-0.15, -0.1) is 0 Å². The van der Waals surface area contributed by atoms with Crippen molar-refractivity contribution in [3.63, 3.8) is 0 Å². The smallest absolute Gasteiger partial charge is 0.323 e. The fraction of sp³-hybridized carbons (Fsp3) is 0.326. The number of nitrogens with zero attached hydrogens (tertiary/aromatic N) is 2. The van der Waals surface area contributed by atoms with Crippen LogP contribution < -0.4 is 36.0 Å². The number of benzene rings is 4. The van der Waals surface area contributed by atoms with Gasteiger partial charge in [-0.25, -0.2) is 9.78 Å². The van der Waals surface area contributed by atoms with E-state index in [2.05, 4.69) is 51.9 Å². The monoisotopic (exact) mass is 778 g/mol. The minimum Gasteiger partial charge on any atom is -0.494 e. The summed E-state index contributed by atoms with van der Waals surface area (Å²) in [6.45, 7) is 10.4. The lowest BCUT2D eigenvalue weighted by molar-refractivity contribution is -0.0488. The molecule has 4 N–H and O–H groups in total. The zero-order valence-corrected chi connectivity index (χ0v) is 34.1. The van der Waals surface area contributed by atoms with Crippen molar-refractivity contribution in [2.75, 3.05) is 57.1 Å². The average Bonchev–Trinajstić information content (AvgIpc) is 3.16. The summed E-state index contributed by atoms with van der Waals surface area (Å²) >= 11 is 0. The van der Waals surface area contributed by atoms with E-state index in [0.29, 0.717) is 45.3 Å². The third-order valence-corrected chi connectivity index (χ3v) is 11.4. The third-order valence-electron chi connectivity index (χ3n) is 9.89. The maximum Gasteiger partial charge on any atom is 0.323 e. The first-order chi connectivity index (χ1) is 26.6. The van der Waals surface area contributed by atoms with Crippen LogP contribution in [0.4, 0.5) is 27.7 Å². The van der Waals surface area contributed by atoms with Gasteiger partial charge in [-0.1, -0.05) is 45.0 Å². The van der Waals surface area contributed by atoms with E-state index in [-0.39, 0.29) is 23.6 Å². The topological polar surface area (TPSA) is 143 Å². The fourth-order valence-electron chi connectivity index (χ4n) is 6.74. The number of fused-ring (bicyclic) bond motifs is 1. The number of anilines is 4. The first-order valence-corrected chi connectivity index (χ1v) is 21.2. The summed E-state index contributed by atoms with van der Waals surface area (Å²) in [5.41, 5.74) is 3.02. The van der Waals surface area contributed by atoms with Gasteiger partial charge in [0.1, 0.15) is 30.7 Å². The summed E-state index contributed by atoms with van der Waals surface area (Å²) in [4.78, 5) is 33.1. The Balaban J connectivity index is 1.14. The standard InChI is InChI=1S/C43H51N6O6P/c1-43(2,3)28-23-35(40(54-6)37(24-28)56(7,8)52)48-42(51)47-34-17-18-36(33-12-10-9-11-32(33)34)55-31-19-21-44-38(26-31)45-29-15-13-27(14-16-29)41(50)46-30-20-22-49(4)39(25-30)53-5/h9-19,21,23-24,26,30,39H,20,22,25H2,1-8H3,(H,44,45)(H,46,50)(H2,47,48,51). The maximum absolute atomic E-state index is 13.5. The normalized spacial score (nSPS) is 16.2. The molecule has 1 aliphatic heterocycles. The van der Waals surface area contributed by atoms with Gasteiger partial charge in [0.25, 0.3) is 5.91 Å². The largest absolute Gasteiger partial charge is 0.494 e. The molecule has 4 aromatic carbocycles. The molecule has 2 atom stereocenters. The van der Waals surface area contributed by atoms with Gasteiger partial charge in [0, 0.05) is 60.4 Å². The highest BCUT2D eigenvalue weighted by Gasteiger charge is 2.28. The van der Waals surface area contributed by atoms with Gasteiger partial charge < -0.3 is 40.0 Å². The number of likely N-dealkylation sites (tertiary alicyclic amines) is 1. The Hall–Kier alpha value is -5.42. The van der Waals surface area contributed by atoms with Gasteiger partial charge in [0.05, 0.1) is 23.8 Å². The number of carbonyl (C=O) groups excluding carboxylic acids is 2. The molecule has 1 saturated heterocycles. The van der Waals surface area contributed by atoms with Crippen LogP contribution in [-0.2, 0) is 14.7 Å². The second-order valence-electron chi connectivity index (χ2n) is 15.5. The van der Waals surface area contributed by atoms with Crippen molar-refractivity contribution in [2.45, 2.75) is 51.3 Å². The molecule has 1 aromatic heterocycles. The van der Waals surface area contributed by atoms with Gasteiger partial charge in [-0.05, 0) is 92.4 Å². The predicted molar refractivity (Wildman–Crippen MR) is 225 cm³/mol. The molecule has 12 nitrogen and oxygen atoms in total. The third kappa shape index (κ3) is 9.50. The van der Waals surface area contributed by atoms with Crippen molar-refractivity contribution in [1.82, 2.24) is 15.2 Å². The van der Waals surface area contributed by atoms with E-state index in [1.165, 1.54) is 7.11 Å². The lowest BCUT2D eigenvalue weighted by Gasteiger charge is -2.36. The van der Waals surface area contributed by atoms with Crippen molar-refractivity contribution in [1.29, 1.82) is 0 Å². The molecule has 5 aromatic rings. The van der Waals surface area contributed by atoms with E-state index in [9.17, 15) is 14.2 Å². The van der Waals surface area contributed by atoms with Crippen LogP contribution in [0.5, 0.6) is 17.2 Å². The Kier molecular flexibility index (Phi) is 12.0. The quantitative estimate of drug-likeness (QED) is 0.0968. The van der Waals surface area contributed by atoms with Crippen molar-refractivity contribution < 1.29 is 28.4 Å². The average molecular weight is 779 g/mol. The van der Waals surface area contributed by atoms with Crippen LogP contribution in [0.2, 0.25) is 0 Å². The van der Waals surface area contributed by atoms with Crippen LogP contribution in [0, 0.1) is 0 Å². The highest BCUT2D eigenvalue weighted by atomic mass is 31.2. The number of carbonyl (C=O) groups is 2. The molecule has 3 amide bonds. The van der Waals surface area contributed by atoms with Crippen LogP contribution in [0.1, 0.15) is 49.5 Å². The van der Waals surface area contributed by atoms with Gasteiger partial charge in [0.15, 0.2) is 5.75 Å². The van der Waals surface area contributed by atoms with Crippen LogP contribution in [0.3, 0.4) is 0 Å². The molecule has 0 aliphatic carbocycles. The molecule has 0 radical (unpaired) electrons. The lowest BCUT2D eigenvalue weighted by atomic mass is 9.86. The number of urea groups is 1. The van der Waals surface area contributed by atoms with Crippen molar-refractivity contribution in [3.8, 4) is 17.2 Å². The predicted octanol–water partition coefficient (Wildman–Crippen LogP) is 8.77.